The maximum atomic E-state index is 12.5. The Morgan fingerprint density at radius 1 is 1.42 bits per heavy atom. The predicted octanol–water partition coefficient (Wildman–Crippen LogP) is 1.25. The van der Waals surface area contributed by atoms with Gasteiger partial charge in [0.05, 0.1) is 30.3 Å². The summed E-state index contributed by atoms with van der Waals surface area (Å²) in [7, 11) is 0. The minimum absolute atomic E-state index is 0.0940. The summed E-state index contributed by atoms with van der Waals surface area (Å²) >= 11 is 0. The summed E-state index contributed by atoms with van der Waals surface area (Å²) in [6.45, 7) is 4.50. The number of aromatic nitrogens is 1. The molecule has 1 aliphatic rings. The monoisotopic (exact) mass is 350 g/mol. The van der Waals surface area contributed by atoms with Crippen LogP contribution in [0.25, 0.3) is 0 Å². The summed E-state index contributed by atoms with van der Waals surface area (Å²) in [5, 5.41) is 24.5. The Balaban J connectivity index is 1.90. The van der Waals surface area contributed by atoms with Gasteiger partial charge in [0.1, 0.15) is 11.9 Å². The second-order valence-corrected chi connectivity index (χ2v) is 6.84. The first-order valence-corrected chi connectivity index (χ1v) is 8.42. The molecule has 0 bridgehead atoms. The molecule has 1 fully saturated rings. The number of carbonyl (C=O) groups is 1. The Morgan fingerprint density at radius 2 is 2.15 bits per heavy atom. The van der Waals surface area contributed by atoms with Gasteiger partial charge in [0, 0.05) is 18.3 Å². The van der Waals surface area contributed by atoms with Crippen molar-refractivity contribution in [1.29, 1.82) is 10.5 Å². The molecular weight excluding hydrogens is 328 g/mol. The van der Waals surface area contributed by atoms with Crippen LogP contribution in [0.15, 0.2) is 18.3 Å². The Bertz CT molecular complexity index is 760. The van der Waals surface area contributed by atoms with Crippen LogP contribution in [0.1, 0.15) is 32.3 Å². The van der Waals surface area contributed by atoms with Gasteiger partial charge in [-0.1, -0.05) is 5.92 Å². The lowest BCUT2D eigenvalue weighted by Crippen LogP contribution is -2.52. The Hall–Kier alpha value is -3.08. The van der Waals surface area contributed by atoms with E-state index >= 15 is 0 Å². The van der Waals surface area contributed by atoms with Crippen LogP contribution in [0.4, 0.5) is 5.82 Å². The van der Waals surface area contributed by atoms with Gasteiger partial charge in [-0.15, -0.1) is 6.42 Å². The van der Waals surface area contributed by atoms with E-state index in [1.165, 1.54) is 4.90 Å². The average Bonchev–Trinajstić information content (AvgIpc) is 3.08. The van der Waals surface area contributed by atoms with E-state index in [1.807, 2.05) is 13.8 Å². The zero-order valence-electron chi connectivity index (χ0n) is 15.0. The maximum absolute atomic E-state index is 12.5. The van der Waals surface area contributed by atoms with Gasteiger partial charge in [0.2, 0.25) is 5.91 Å². The molecule has 1 aliphatic heterocycles. The van der Waals surface area contributed by atoms with Crippen LogP contribution in [0.2, 0.25) is 0 Å². The van der Waals surface area contributed by atoms with Crippen LogP contribution in [-0.2, 0) is 4.79 Å². The zero-order chi connectivity index (χ0) is 19.2. The van der Waals surface area contributed by atoms with Gasteiger partial charge < -0.3 is 15.5 Å². The van der Waals surface area contributed by atoms with Crippen molar-refractivity contribution >= 4 is 11.7 Å². The molecule has 1 aromatic heterocycles. The van der Waals surface area contributed by atoms with Crippen molar-refractivity contribution in [2.24, 2.45) is 0 Å². The third-order valence-corrected chi connectivity index (χ3v) is 4.33. The van der Waals surface area contributed by atoms with Crippen molar-refractivity contribution in [3.8, 4) is 24.5 Å². The van der Waals surface area contributed by atoms with E-state index in [2.05, 4.69) is 33.7 Å². The number of nitrogens with zero attached hydrogens (tertiary/aromatic N) is 4. The Labute approximate surface area is 154 Å². The quantitative estimate of drug-likeness (QED) is 0.748. The van der Waals surface area contributed by atoms with E-state index in [-0.39, 0.29) is 18.5 Å². The molecule has 7 nitrogen and oxygen atoms in total. The number of carbonyl (C=O) groups excluding carboxylic acids is 1. The van der Waals surface area contributed by atoms with Gasteiger partial charge in [-0.05, 0) is 38.8 Å². The fourth-order valence-electron chi connectivity index (χ4n) is 2.83. The highest BCUT2D eigenvalue weighted by molar-refractivity contribution is 5.80. The molecule has 2 atom stereocenters. The van der Waals surface area contributed by atoms with E-state index in [9.17, 15) is 10.1 Å². The predicted molar refractivity (Wildman–Crippen MR) is 97.6 cm³/mol. The van der Waals surface area contributed by atoms with Crippen LogP contribution < -0.4 is 10.6 Å². The number of nitrogens with one attached hydrogen (secondary N) is 2. The number of rotatable bonds is 6. The SMILES string of the molecule is C#C[C@H]1CC[C@@H](C#N)N1C(=O)CNC(C)(C)CNc1cc(C#N)ccn1. The van der Waals surface area contributed by atoms with Crippen LogP contribution in [0.5, 0.6) is 0 Å². The van der Waals surface area contributed by atoms with Gasteiger partial charge in [-0.3, -0.25) is 4.79 Å². The second kappa shape index (κ2) is 8.34. The molecule has 2 N–H and O–H groups in total. The van der Waals surface area contributed by atoms with Crippen LogP contribution in [-0.4, -0.2) is 46.5 Å². The lowest BCUT2D eigenvalue weighted by atomic mass is 10.1. The minimum Gasteiger partial charge on any atom is -0.368 e. The summed E-state index contributed by atoms with van der Waals surface area (Å²) in [6.07, 6.45) is 8.33. The van der Waals surface area contributed by atoms with Crippen molar-refractivity contribution < 1.29 is 4.79 Å². The standard InChI is InChI=1S/C19H22N6O/c1-4-15-5-6-16(11-21)25(15)18(26)12-24-19(2,3)13-23-17-9-14(10-20)7-8-22-17/h1,7-9,15-16,24H,5-6,12-13H2,2-3H3,(H,22,23)/t15-,16-/m0/s1. The first-order chi connectivity index (χ1) is 12.4. The lowest BCUT2D eigenvalue weighted by Gasteiger charge is -2.29. The molecule has 2 rings (SSSR count). The number of terminal acetylenes is 1. The summed E-state index contributed by atoms with van der Waals surface area (Å²) in [6, 6.07) is 6.75. The van der Waals surface area contributed by atoms with Gasteiger partial charge in [0.25, 0.3) is 0 Å². The van der Waals surface area contributed by atoms with Gasteiger partial charge in [0.15, 0.2) is 0 Å². The number of amides is 1. The van der Waals surface area contributed by atoms with Gasteiger partial charge >= 0.3 is 0 Å². The van der Waals surface area contributed by atoms with Crippen molar-refractivity contribution in [3.05, 3.63) is 23.9 Å². The number of hydrogen-bond acceptors (Lipinski definition) is 6. The Kier molecular flexibility index (Phi) is 6.17. The minimum atomic E-state index is -0.454. The van der Waals surface area contributed by atoms with Crippen molar-refractivity contribution in [2.45, 2.75) is 44.3 Å². The molecular formula is C19H22N6O. The van der Waals surface area contributed by atoms with E-state index in [0.29, 0.717) is 30.8 Å². The highest BCUT2D eigenvalue weighted by atomic mass is 16.2. The topological polar surface area (TPSA) is 105 Å². The first-order valence-electron chi connectivity index (χ1n) is 8.42. The molecule has 2 heterocycles. The second-order valence-electron chi connectivity index (χ2n) is 6.84. The van der Waals surface area contributed by atoms with Crippen LogP contribution in [0.3, 0.4) is 0 Å². The molecule has 7 heteroatoms. The number of likely N-dealkylation sites (tertiary alicyclic amines) is 1. The summed E-state index contributed by atoms with van der Waals surface area (Å²) in [5.41, 5.74) is 0.119. The first kappa shape index (κ1) is 19.2. The maximum Gasteiger partial charge on any atom is 0.238 e. The third kappa shape index (κ3) is 4.72. The smallest absolute Gasteiger partial charge is 0.238 e. The molecule has 0 spiro atoms. The van der Waals surface area contributed by atoms with E-state index in [1.54, 1.807) is 18.3 Å². The third-order valence-electron chi connectivity index (χ3n) is 4.33. The molecule has 0 aromatic carbocycles. The molecule has 1 amide bonds. The van der Waals surface area contributed by atoms with Crippen molar-refractivity contribution in [3.63, 3.8) is 0 Å². The molecule has 0 radical (unpaired) electrons. The molecule has 0 unspecified atom stereocenters. The zero-order valence-corrected chi connectivity index (χ0v) is 15.0. The molecule has 1 saturated heterocycles. The fourth-order valence-corrected chi connectivity index (χ4v) is 2.83. The highest BCUT2D eigenvalue weighted by Gasteiger charge is 2.36. The summed E-state index contributed by atoms with van der Waals surface area (Å²) in [4.78, 5) is 18.2. The van der Waals surface area contributed by atoms with Crippen molar-refractivity contribution in [2.75, 3.05) is 18.4 Å². The normalized spacial score (nSPS) is 19.3. The molecule has 1 aromatic rings. The number of nitriles is 2. The molecule has 26 heavy (non-hydrogen) atoms. The lowest BCUT2D eigenvalue weighted by molar-refractivity contribution is -0.131. The van der Waals surface area contributed by atoms with E-state index in [0.717, 1.165) is 0 Å². The summed E-state index contributed by atoms with van der Waals surface area (Å²) < 4.78 is 0. The number of pyridine rings is 1. The van der Waals surface area contributed by atoms with E-state index < -0.39 is 11.6 Å². The number of anilines is 1. The van der Waals surface area contributed by atoms with Gasteiger partial charge in [-0.2, -0.15) is 10.5 Å². The highest BCUT2D eigenvalue weighted by Crippen LogP contribution is 2.23. The van der Waals surface area contributed by atoms with Gasteiger partial charge in [-0.25, -0.2) is 4.98 Å². The molecule has 0 aliphatic carbocycles. The largest absolute Gasteiger partial charge is 0.368 e. The summed E-state index contributed by atoms with van der Waals surface area (Å²) in [5.74, 6) is 3.02. The van der Waals surface area contributed by atoms with Crippen molar-refractivity contribution in [1.82, 2.24) is 15.2 Å². The molecule has 134 valence electrons. The van der Waals surface area contributed by atoms with Crippen LogP contribution >= 0.6 is 0 Å². The van der Waals surface area contributed by atoms with E-state index in [4.69, 9.17) is 11.7 Å². The average molecular weight is 350 g/mol. The number of hydrogen-bond donors (Lipinski definition) is 2. The fraction of sp³-hybridized carbons (Fsp3) is 0.474. The molecule has 0 saturated carbocycles. The Morgan fingerprint density at radius 3 is 2.81 bits per heavy atom. The van der Waals surface area contributed by atoms with Crippen LogP contribution in [0, 0.1) is 35.0 Å².